The number of nitrogens with zero attached hydrogens (tertiary/aromatic N) is 1. The highest BCUT2D eigenvalue weighted by Gasteiger charge is 2.34. The quantitative estimate of drug-likeness (QED) is 0.820. The molecule has 0 aromatic rings. The number of rotatable bonds is 4. The van der Waals surface area contributed by atoms with E-state index in [4.69, 9.17) is 5.11 Å². The SMILES string of the molecule is CCC1CCCC(N2CCCC2CC(=O)O)C1. The van der Waals surface area contributed by atoms with Crippen molar-refractivity contribution in [2.75, 3.05) is 6.54 Å². The third kappa shape index (κ3) is 3.21. The molecule has 0 aromatic carbocycles. The second kappa shape index (κ2) is 5.85. The molecule has 3 atom stereocenters. The molecule has 0 spiro atoms. The predicted octanol–water partition coefficient (Wildman–Crippen LogP) is 2.89. The first-order valence-electron chi connectivity index (χ1n) is 7.18. The van der Waals surface area contributed by atoms with Crippen LogP contribution in [-0.4, -0.2) is 34.6 Å². The Morgan fingerprint density at radius 1 is 1.29 bits per heavy atom. The Morgan fingerprint density at radius 2 is 2.12 bits per heavy atom. The lowest BCUT2D eigenvalue weighted by Crippen LogP contribution is -2.42. The van der Waals surface area contributed by atoms with Crippen LogP contribution in [0.3, 0.4) is 0 Å². The van der Waals surface area contributed by atoms with E-state index in [1.165, 1.54) is 38.5 Å². The molecule has 0 amide bonds. The minimum absolute atomic E-state index is 0.313. The third-order valence-electron chi connectivity index (χ3n) is 4.63. The van der Waals surface area contributed by atoms with Gasteiger partial charge >= 0.3 is 5.97 Å². The number of carboxylic acid groups (broad SMARTS) is 1. The van der Waals surface area contributed by atoms with Crippen LogP contribution < -0.4 is 0 Å². The molecule has 1 aliphatic carbocycles. The van der Waals surface area contributed by atoms with Crippen molar-refractivity contribution >= 4 is 5.97 Å². The smallest absolute Gasteiger partial charge is 0.304 e. The molecule has 1 aliphatic heterocycles. The second-order valence-electron chi connectivity index (χ2n) is 5.73. The molecule has 1 heterocycles. The molecule has 17 heavy (non-hydrogen) atoms. The van der Waals surface area contributed by atoms with Crippen molar-refractivity contribution in [2.45, 2.75) is 70.4 Å². The summed E-state index contributed by atoms with van der Waals surface area (Å²) in [6.07, 6.45) is 9.19. The van der Waals surface area contributed by atoms with Gasteiger partial charge in [0.2, 0.25) is 0 Å². The summed E-state index contributed by atoms with van der Waals surface area (Å²) in [5, 5.41) is 8.96. The summed E-state index contributed by atoms with van der Waals surface area (Å²) in [5.74, 6) is 0.240. The molecular weight excluding hydrogens is 214 g/mol. The molecule has 1 N–H and O–H groups in total. The van der Waals surface area contributed by atoms with Crippen molar-refractivity contribution in [1.29, 1.82) is 0 Å². The van der Waals surface area contributed by atoms with E-state index in [2.05, 4.69) is 11.8 Å². The zero-order chi connectivity index (χ0) is 12.3. The Balaban J connectivity index is 1.93. The molecule has 3 unspecified atom stereocenters. The fourth-order valence-electron chi connectivity index (χ4n) is 3.69. The highest BCUT2D eigenvalue weighted by Crippen LogP contribution is 2.34. The van der Waals surface area contributed by atoms with Crippen LogP contribution in [0.25, 0.3) is 0 Å². The molecule has 1 saturated carbocycles. The van der Waals surface area contributed by atoms with Gasteiger partial charge in [-0.3, -0.25) is 9.69 Å². The molecule has 2 aliphatic rings. The van der Waals surface area contributed by atoms with Crippen molar-refractivity contribution < 1.29 is 9.90 Å². The second-order valence-corrected chi connectivity index (χ2v) is 5.73. The Hall–Kier alpha value is -0.570. The monoisotopic (exact) mass is 239 g/mol. The van der Waals surface area contributed by atoms with E-state index in [9.17, 15) is 4.79 Å². The Bertz CT molecular complexity index is 267. The zero-order valence-corrected chi connectivity index (χ0v) is 10.9. The summed E-state index contributed by atoms with van der Waals surface area (Å²) in [5.41, 5.74) is 0. The first-order valence-corrected chi connectivity index (χ1v) is 7.18. The van der Waals surface area contributed by atoms with Crippen LogP contribution in [0.1, 0.15) is 58.3 Å². The molecular formula is C14H25NO2. The van der Waals surface area contributed by atoms with Crippen molar-refractivity contribution in [3.8, 4) is 0 Å². The van der Waals surface area contributed by atoms with E-state index >= 15 is 0 Å². The predicted molar refractivity (Wildman–Crippen MR) is 68.0 cm³/mol. The lowest BCUT2D eigenvalue weighted by Gasteiger charge is -2.38. The number of carbonyl (C=O) groups is 1. The Labute approximate surface area is 104 Å². The van der Waals surface area contributed by atoms with Crippen LogP contribution in [0.15, 0.2) is 0 Å². The van der Waals surface area contributed by atoms with Crippen LogP contribution in [0.5, 0.6) is 0 Å². The van der Waals surface area contributed by atoms with Gasteiger partial charge in [0.05, 0.1) is 6.42 Å². The lowest BCUT2D eigenvalue weighted by atomic mass is 9.83. The third-order valence-corrected chi connectivity index (χ3v) is 4.63. The Kier molecular flexibility index (Phi) is 4.43. The molecule has 0 bridgehead atoms. The lowest BCUT2D eigenvalue weighted by molar-refractivity contribution is -0.138. The summed E-state index contributed by atoms with van der Waals surface area (Å²) in [6, 6.07) is 0.980. The molecule has 0 aromatic heterocycles. The van der Waals surface area contributed by atoms with Crippen LogP contribution in [0.4, 0.5) is 0 Å². The Morgan fingerprint density at radius 3 is 2.82 bits per heavy atom. The molecule has 2 rings (SSSR count). The van der Waals surface area contributed by atoms with Gasteiger partial charge < -0.3 is 5.11 Å². The van der Waals surface area contributed by atoms with Gasteiger partial charge in [-0.15, -0.1) is 0 Å². The van der Waals surface area contributed by atoms with E-state index in [1.54, 1.807) is 0 Å². The van der Waals surface area contributed by atoms with Gasteiger partial charge in [0.15, 0.2) is 0 Å². The van der Waals surface area contributed by atoms with Crippen molar-refractivity contribution in [1.82, 2.24) is 4.90 Å². The molecule has 2 fully saturated rings. The normalized spacial score (nSPS) is 35.0. The number of hydrogen-bond donors (Lipinski definition) is 1. The molecule has 98 valence electrons. The maximum absolute atomic E-state index is 10.9. The number of likely N-dealkylation sites (tertiary alicyclic amines) is 1. The van der Waals surface area contributed by atoms with Gasteiger partial charge in [0.1, 0.15) is 0 Å². The minimum atomic E-state index is -0.634. The number of hydrogen-bond acceptors (Lipinski definition) is 2. The molecule has 1 saturated heterocycles. The van der Waals surface area contributed by atoms with Crippen molar-refractivity contribution in [3.05, 3.63) is 0 Å². The summed E-state index contributed by atoms with van der Waals surface area (Å²) in [7, 11) is 0. The fourth-order valence-corrected chi connectivity index (χ4v) is 3.69. The van der Waals surface area contributed by atoms with Crippen LogP contribution in [0, 0.1) is 5.92 Å². The summed E-state index contributed by atoms with van der Waals surface area (Å²) >= 11 is 0. The highest BCUT2D eigenvalue weighted by atomic mass is 16.4. The molecule has 0 radical (unpaired) electrons. The van der Waals surface area contributed by atoms with E-state index in [0.29, 0.717) is 18.5 Å². The summed E-state index contributed by atoms with van der Waals surface area (Å²) in [4.78, 5) is 13.4. The van der Waals surface area contributed by atoms with Crippen LogP contribution in [0.2, 0.25) is 0 Å². The summed E-state index contributed by atoms with van der Waals surface area (Å²) < 4.78 is 0. The molecule has 3 heteroatoms. The zero-order valence-electron chi connectivity index (χ0n) is 10.9. The van der Waals surface area contributed by atoms with Crippen LogP contribution in [-0.2, 0) is 4.79 Å². The van der Waals surface area contributed by atoms with Crippen molar-refractivity contribution in [3.63, 3.8) is 0 Å². The van der Waals surface area contributed by atoms with Gasteiger partial charge in [0.25, 0.3) is 0 Å². The van der Waals surface area contributed by atoms with Gasteiger partial charge in [-0.1, -0.05) is 26.2 Å². The average molecular weight is 239 g/mol. The largest absolute Gasteiger partial charge is 0.481 e. The fraction of sp³-hybridized carbons (Fsp3) is 0.929. The van der Waals surface area contributed by atoms with E-state index < -0.39 is 5.97 Å². The molecule has 3 nitrogen and oxygen atoms in total. The highest BCUT2D eigenvalue weighted by molar-refractivity contribution is 5.67. The number of carboxylic acids is 1. The topological polar surface area (TPSA) is 40.5 Å². The minimum Gasteiger partial charge on any atom is -0.481 e. The van der Waals surface area contributed by atoms with Crippen molar-refractivity contribution in [2.24, 2.45) is 5.92 Å². The standard InChI is InChI=1S/C14H25NO2/c1-2-11-5-3-6-12(9-11)15-8-4-7-13(15)10-14(16)17/h11-13H,2-10H2,1H3,(H,16,17). The maximum atomic E-state index is 10.9. The van der Waals surface area contributed by atoms with Gasteiger partial charge in [-0.05, 0) is 38.1 Å². The van der Waals surface area contributed by atoms with Gasteiger partial charge in [-0.2, -0.15) is 0 Å². The van der Waals surface area contributed by atoms with E-state index in [-0.39, 0.29) is 0 Å². The summed E-state index contributed by atoms with van der Waals surface area (Å²) in [6.45, 7) is 3.41. The average Bonchev–Trinajstić information content (AvgIpc) is 2.76. The maximum Gasteiger partial charge on any atom is 0.304 e. The first kappa shape index (κ1) is 12.9. The van der Waals surface area contributed by atoms with Crippen LogP contribution >= 0.6 is 0 Å². The van der Waals surface area contributed by atoms with Gasteiger partial charge in [-0.25, -0.2) is 0 Å². The van der Waals surface area contributed by atoms with Gasteiger partial charge in [0, 0.05) is 12.1 Å². The first-order chi connectivity index (χ1) is 8.20. The number of aliphatic carboxylic acids is 1. The van der Waals surface area contributed by atoms with E-state index in [1.807, 2.05) is 0 Å². The van der Waals surface area contributed by atoms with E-state index in [0.717, 1.165) is 18.9 Å².